The predicted octanol–water partition coefficient (Wildman–Crippen LogP) is 1.95. The topological polar surface area (TPSA) is 73.1 Å². The van der Waals surface area contributed by atoms with Crippen LogP contribution in [0.4, 0.5) is 5.82 Å². The zero-order valence-electron chi connectivity index (χ0n) is 10.6. The Morgan fingerprint density at radius 1 is 1.31 bits per heavy atom. The van der Waals surface area contributed by atoms with E-state index in [-0.39, 0.29) is 5.60 Å². The molecule has 0 fully saturated rings. The van der Waals surface area contributed by atoms with Crippen LogP contribution in [-0.2, 0) is 0 Å². The zero-order chi connectivity index (χ0) is 12.3. The van der Waals surface area contributed by atoms with Crippen LogP contribution in [0, 0.1) is 13.8 Å². The SMILES string of the molecule is CCC(C)(C)Oc1nc(C)nc(NN)c1C. The number of nitrogens with two attached hydrogens (primary N) is 1. The lowest BCUT2D eigenvalue weighted by Crippen LogP contribution is -2.28. The molecule has 1 aromatic heterocycles. The van der Waals surface area contributed by atoms with Crippen molar-refractivity contribution in [1.29, 1.82) is 0 Å². The number of nitrogens with one attached hydrogen (secondary N) is 1. The third-order valence-corrected chi connectivity index (χ3v) is 2.57. The molecule has 0 bridgehead atoms. The van der Waals surface area contributed by atoms with Crippen molar-refractivity contribution in [3.8, 4) is 5.88 Å². The Bertz CT molecular complexity index is 376. The molecule has 0 saturated heterocycles. The van der Waals surface area contributed by atoms with Crippen LogP contribution < -0.4 is 16.0 Å². The van der Waals surface area contributed by atoms with Gasteiger partial charge in [-0.2, -0.15) is 4.98 Å². The molecule has 0 saturated carbocycles. The van der Waals surface area contributed by atoms with Gasteiger partial charge in [-0.25, -0.2) is 10.8 Å². The van der Waals surface area contributed by atoms with Crippen LogP contribution in [0.5, 0.6) is 5.88 Å². The van der Waals surface area contributed by atoms with Crippen molar-refractivity contribution in [2.75, 3.05) is 5.43 Å². The molecule has 1 rings (SSSR count). The second kappa shape index (κ2) is 4.65. The van der Waals surface area contributed by atoms with Crippen molar-refractivity contribution in [2.24, 2.45) is 5.84 Å². The van der Waals surface area contributed by atoms with Gasteiger partial charge in [-0.3, -0.25) is 0 Å². The molecule has 1 aromatic rings. The van der Waals surface area contributed by atoms with Crippen LogP contribution in [-0.4, -0.2) is 15.6 Å². The lowest BCUT2D eigenvalue weighted by molar-refractivity contribution is 0.0976. The number of anilines is 1. The minimum Gasteiger partial charge on any atom is -0.471 e. The van der Waals surface area contributed by atoms with Crippen molar-refractivity contribution in [1.82, 2.24) is 9.97 Å². The summed E-state index contributed by atoms with van der Waals surface area (Å²) in [6.07, 6.45) is 0.904. The highest BCUT2D eigenvalue weighted by molar-refractivity contribution is 5.47. The van der Waals surface area contributed by atoms with E-state index in [2.05, 4.69) is 22.3 Å². The largest absolute Gasteiger partial charge is 0.471 e. The Morgan fingerprint density at radius 2 is 1.94 bits per heavy atom. The molecule has 16 heavy (non-hydrogen) atoms. The van der Waals surface area contributed by atoms with Crippen LogP contribution in [0.25, 0.3) is 0 Å². The fourth-order valence-electron chi connectivity index (χ4n) is 1.18. The lowest BCUT2D eigenvalue weighted by Gasteiger charge is -2.25. The van der Waals surface area contributed by atoms with E-state index < -0.39 is 0 Å². The van der Waals surface area contributed by atoms with E-state index in [1.807, 2.05) is 27.7 Å². The maximum atomic E-state index is 5.86. The molecule has 1 heterocycles. The first-order valence-electron chi connectivity index (χ1n) is 5.40. The molecular weight excluding hydrogens is 204 g/mol. The van der Waals surface area contributed by atoms with Gasteiger partial charge in [-0.15, -0.1) is 0 Å². The van der Waals surface area contributed by atoms with Gasteiger partial charge in [0.15, 0.2) is 0 Å². The van der Waals surface area contributed by atoms with Crippen LogP contribution in [0.2, 0.25) is 0 Å². The van der Waals surface area contributed by atoms with Gasteiger partial charge in [0.25, 0.3) is 0 Å². The minimum atomic E-state index is -0.239. The van der Waals surface area contributed by atoms with Crippen molar-refractivity contribution >= 4 is 5.82 Å². The Balaban J connectivity index is 3.09. The third kappa shape index (κ3) is 2.82. The van der Waals surface area contributed by atoms with E-state index in [0.717, 1.165) is 12.0 Å². The summed E-state index contributed by atoms with van der Waals surface area (Å²) in [5.41, 5.74) is 3.14. The first kappa shape index (κ1) is 12.7. The smallest absolute Gasteiger partial charge is 0.222 e. The number of aromatic nitrogens is 2. The second-order valence-corrected chi connectivity index (χ2v) is 4.41. The average Bonchev–Trinajstić information content (AvgIpc) is 2.22. The van der Waals surface area contributed by atoms with Crippen LogP contribution >= 0.6 is 0 Å². The Hall–Kier alpha value is -1.36. The minimum absolute atomic E-state index is 0.239. The molecular formula is C11H20N4O. The van der Waals surface area contributed by atoms with Crippen molar-refractivity contribution in [2.45, 2.75) is 46.6 Å². The average molecular weight is 224 g/mol. The fourth-order valence-corrected chi connectivity index (χ4v) is 1.18. The molecule has 0 atom stereocenters. The number of nitrogen functional groups attached to an aromatic ring is 1. The normalized spacial score (nSPS) is 11.4. The first-order valence-corrected chi connectivity index (χ1v) is 5.40. The molecule has 5 nitrogen and oxygen atoms in total. The molecule has 0 aromatic carbocycles. The molecule has 0 unspecified atom stereocenters. The number of hydrazine groups is 1. The van der Waals surface area contributed by atoms with Gasteiger partial charge in [-0.05, 0) is 34.1 Å². The number of ether oxygens (including phenoxy) is 1. The quantitative estimate of drug-likeness (QED) is 0.604. The van der Waals surface area contributed by atoms with Gasteiger partial charge >= 0.3 is 0 Å². The highest BCUT2D eigenvalue weighted by Gasteiger charge is 2.20. The summed E-state index contributed by atoms with van der Waals surface area (Å²) in [6.45, 7) is 9.83. The number of nitrogens with zero attached hydrogens (tertiary/aromatic N) is 2. The van der Waals surface area contributed by atoms with Crippen LogP contribution in [0.1, 0.15) is 38.6 Å². The molecule has 3 N–H and O–H groups in total. The summed E-state index contributed by atoms with van der Waals surface area (Å²) >= 11 is 0. The number of hydrogen-bond acceptors (Lipinski definition) is 5. The molecule has 0 aliphatic heterocycles. The van der Waals surface area contributed by atoms with Crippen LogP contribution in [0.15, 0.2) is 0 Å². The highest BCUT2D eigenvalue weighted by atomic mass is 16.5. The van der Waals surface area contributed by atoms with Crippen LogP contribution in [0.3, 0.4) is 0 Å². The molecule has 0 radical (unpaired) electrons. The second-order valence-electron chi connectivity index (χ2n) is 4.41. The lowest BCUT2D eigenvalue weighted by atomic mass is 10.1. The van der Waals surface area contributed by atoms with E-state index in [9.17, 15) is 0 Å². The fraction of sp³-hybridized carbons (Fsp3) is 0.636. The maximum absolute atomic E-state index is 5.86. The third-order valence-electron chi connectivity index (χ3n) is 2.57. The molecule has 0 aliphatic carbocycles. The van der Waals surface area contributed by atoms with E-state index >= 15 is 0 Å². The zero-order valence-corrected chi connectivity index (χ0v) is 10.6. The van der Waals surface area contributed by atoms with Crippen molar-refractivity contribution in [3.05, 3.63) is 11.4 Å². The van der Waals surface area contributed by atoms with Crippen molar-refractivity contribution < 1.29 is 4.74 Å². The molecule has 0 spiro atoms. The predicted molar refractivity (Wildman–Crippen MR) is 64.3 cm³/mol. The van der Waals surface area contributed by atoms with E-state index in [4.69, 9.17) is 10.6 Å². The summed E-state index contributed by atoms with van der Waals surface area (Å²) < 4.78 is 5.86. The van der Waals surface area contributed by atoms with Gasteiger partial charge in [0.05, 0.1) is 5.56 Å². The summed E-state index contributed by atoms with van der Waals surface area (Å²) in [6, 6.07) is 0. The summed E-state index contributed by atoms with van der Waals surface area (Å²) in [4.78, 5) is 8.47. The number of aryl methyl sites for hydroxylation is 1. The Labute approximate surface area is 96.4 Å². The summed E-state index contributed by atoms with van der Waals surface area (Å²) in [5.74, 6) is 7.22. The van der Waals surface area contributed by atoms with Gasteiger partial charge in [0.1, 0.15) is 17.2 Å². The highest BCUT2D eigenvalue weighted by Crippen LogP contribution is 2.26. The van der Waals surface area contributed by atoms with Gasteiger partial charge in [0, 0.05) is 0 Å². The van der Waals surface area contributed by atoms with Gasteiger partial charge in [0.2, 0.25) is 5.88 Å². The standard InChI is InChI=1S/C11H20N4O/c1-6-11(4,5)16-10-7(2)9(15-12)13-8(3)14-10/h6,12H2,1-5H3,(H,13,14,15). The summed E-state index contributed by atoms with van der Waals surface area (Å²) in [7, 11) is 0. The Kier molecular flexibility index (Phi) is 3.70. The summed E-state index contributed by atoms with van der Waals surface area (Å²) in [5, 5.41) is 0. The van der Waals surface area contributed by atoms with E-state index in [1.165, 1.54) is 0 Å². The van der Waals surface area contributed by atoms with E-state index in [0.29, 0.717) is 17.5 Å². The monoisotopic (exact) mass is 224 g/mol. The Morgan fingerprint density at radius 3 is 2.44 bits per heavy atom. The van der Waals surface area contributed by atoms with Gasteiger partial charge < -0.3 is 10.2 Å². The van der Waals surface area contributed by atoms with Crippen molar-refractivity contribution in [3.63, 3.8) is 0 Å². The maximum Gasteiger partial charge on any atom is 0.222 e. The van der Waals surface area contributed by atoms with Gasteiger partial charge in [-0.1, -0.05) is 6.92 Å². The molecule has 0 amide bonds. The number of hydrogen-bond donors (Lipinski definition) is 2. The molecule has 90 valence electrons. The first-order chi connectivity index (χ1) is 7.39. The molecule has 0 aliphatic rings. The molecule has 5 heteroatoms. The number of rotatable bonds is 4. The van der Waals surface area contributed by atoms with E-state index in [1.54, 1.807) is 0 Å².